The van der Waals surface area contributed by atoms with Crippen LogP contribution in [0.4, 0.5) is 0 Å². The molecule has 0 bridgehead atoms. The molecule has 0 saturated carbocycles. The number of aryl methyl sites for hydroxylation is 2. The Morgan fingerprint density at radius 3 is 2.40 bits per heavy atom. The predicted octanol–water partition coefficient (Wildman–Crippen LogP) is 2.21. The van der Waals surface area contributed by atoms with Gasteiger partial charge in [0.05, 0.1) is 18.5 Å². The first-order valence-corrected chi connectivity index (χ1v) is 10.7. The number of carbonyl (C=O) groups is 2. The van der Waals surface area contributed by atoms with Crippen molar-refractivity contribution in [2.45, 2.75) is 33.6 Å². The van der Waals surface area contributed by atoms with E-state index in [4.69, 9.17) is 4.42 Å². The average molecular weight is 413 g/mol. The van der Waals surface area contributed by atoms with Gasteiger partial charge in [0.1, 0.15) is 11.5 Å². The molecule has 1 fully saturated rings. The zero-order valence-corrected chi connectivity index (χ0v) is 18.2. The maximum atomic E-state index is 12.3. The van der Waals surface area contributed by atoms with Crippen LogP contribution in [0.2, 0.25) is 0 Å². The fourth-order valence-corrected chi connectivity index (χ4v) is 3.59. The van der Waals surface area contributed by atoms with E-state index in [0.29, 0.717) is 23.9 Å². The number of ketones is 1. The highest BCUT2D eigenvalue weighted by atomic mass is 16.4. The van der Waals surface area contributed by atoms with Crippen molar-refractivity contribution in [2.75, 3.05) is 45.8 Å². The van der Waals surface area contributed by atoms with Gasteiger partial charge in [0, 0.05) is 44.8 Å². The molecule has 2 aromatic rings. The van der Waals surface area contributed by atoms with Crippen molar-refractivity contribution in [1.82, 2.24) is 20.1 Å². The molecule has 0 unspecified atom stereocenters. The molecule has 1 aliphatic rings. The number of nitrogens with one attached hydrogen (secondary N) is 1. The fraction of sp³-hybridized carbons (Fsp3) is 0.522. The van der Waals surface area contributed by atoms with Gasteiger partial charge in [-0.05, 0) is 32.5 Å². The van der Waals surface area contributed by atoms with Crippen molar-refractivity contribution in [3.63, 3.8) is 0 Å². The highest BCUT2D eigenvalue weighted by Gasteiger charge is 2.18. The van der Waals surface area contributed by atoms with Crippen molar-refractivity contribution in [1.29, 1.82) is 0 Å². The molecule has 1 saturated heterocycles. The quantitative estimate of drug-likeness (QED) is 0.637. The molecule has 1 amide bonds. The second-order valence-electron chi connectivity index (χ2n) is 7.91. The van der Waals surface area contributed by atoms with Crippen LogP contribution in [0.1, 0.15) is 30.4 Å². The van der Waals surface area contributed by atoms with E-state index in [1.165, 1.54) is 0 Å². The van der Waals surface area contributed by atoms with E-state index in [1.807, 2.05) is 31.2 Å². The largest absolute Gasteiger partial charge is 0.441 e. The van der Waals surface area contributed by atoms with Gasteiger partial charge in [-0.1, -0.05) is 24.6 Å². The summed E-state index contributed by atoms with van der Waals surface area (Å²) in [7, 11) is 0. The highest BCUT2D eigenvalue weighted by Crippen LogP contribution is 2.22. The topological polar surface area (TPSA) is 78.7 Å². The molecule has 162 valence electrons. The lowest BCUT2D eigenvalue weighted by atomic mass is 10.1. The van der Waals surface area contributed by atoms with Crippen molar-refractivity contribution in [2.24, 2.45) is 0 Å². The lowest BCUT2D eigenvalue weighted by molar-refractivity contribution is -0.127. The van der Waals surface area contributed by atoms with Gasteiger partial charge in [0.2, 0.25) is 11.8 Å². The number of piperazine rings is 1. The van der Waals surface area contributed by atoms with Gasteiger partial charge in [-0.3, -0.25) is 14.5 Å². The molecular weight excluding hydrogens is 380 g/mol. The van der Waals surface area contributed by atoms with E-state index >= 15 is 0 Å². The molecule has 1 aromatic carbocycles. The predicted molar refractivity (Wildman–Crippen MR) is 116 cm³/mol. The van der Waals surface area contributed by atoms with Crippen molar-refractivity contribution >= 4 is 11.7 Å². The van der Waals surface area contributed by atoms with Gasteiger partial charge in [0.25, 0.3) is 0 Å². The van der Waals surface area contributed by atoms with Crippen LogP contribution in [-0.2, 0) is 16.0 Å². The van der Waals surface area contributed by atoms with Gasteiger partial charge < -0.3 is 14.6 Å². The standard InChI is InChI=1S/C23H32N4O3/c1-4-26-11-13-27(14-12-26)10-9-24-22(29)16-20(28)15-21-18(3)30-23(25-21)19-7-5-17(2)6-8-19/h5-8H,4,9-16H2,1-3H3,(H,24,29). The molecule has 0 spiro atoms. The summed E-state index contributed by atoms with van der Waals surface area (Å²) in [6.07, 6.45) is -0.0244. The molecule has 1 aromatic heterocycles. The summed E-state index contributed by atoms with van der Waals surface area (Å²) in [4.78, 5) is 33.7. The van der Waals surface area contributed by atoms with Crippen molar-refractivity contribution in [3.8, 4) is 11.5 Å². The maximum Gasteiger partial charge on any atom is 0.227 e. The van der Waals surface area contributed by atoms with Gasteiger partial charge in [0.15, 0.2) is 0 Å². The molecule has 0 radical (unpaired) electrons. The maximum absolute atomic E-state index is 12.3. The minimum atomic E-state index is -0.230. The average Bonchev–Trinajstić information content (AvgIpc) is 3.09. The lowest BCUT2D eigenvalue weighted by Gasteiger charge is -2.33. The third-order valence-electron chi connectivity index (χ3n) is 5.58. The molecule has 1 aliphatic heterocycles. The summed E-state index contributed by atoms with van der Waals surface area (Å²) >= 11 is 0. The molecule has 1 N–H and O–H groups in total. The van der Waals surface area contributed by atoms with E-state index in [9.17, 15) is 9.59 Å². The first kappa shape index (κ1) is 22.2. The number of benzene rings is 1. The SMILES string of the molecule is CCN1CCN(CCNC(=O)CC(=O)Cc2nc(-c3ccc(C)cc3)oc2C)CC1. The number of amides is 1. The minimum absolute atomic E-state index is 0.105. The molecule has 7 heteroatoms. The first-order chi connectivity index (χ1) is 14.4. The molecule has 0 aliphatic carbocycles. The molecule has 2 heterocycles. The lowest BCUT2D eigenvalue weighted by Crippen LogP contribution is -2.48. The minimum Gasteiger partial charge on any atom is -0.441 e. The van der Waals surface area contributed by atoms with Crippen LogP contribution >= 0.6 is 0 Å². The first-order valence-electron chi connectivity index (χ1n) is 10.7. The van der Waals surface area contributed by atoms with Crippen LogP contribution in [-0.4, -0.2) is 72.3 Å². The van der Waals surface area contributed by atoms with Gasteiger partial charge in [-0.2, -0.15) is 0 Å². The van der Waals surface area contributed by atoms with Gasteiger partial charge in [-0.15, -0.1) is 0 Å². The number of hydrogen-bond acceptors (Lipinski definition) is 6. The van der Waals surface area contributed by atoms with Crippen LogP contribution < -0.4 is 5.32 Å². The fourth-order valence-electron chi connectivity index (χ4n) is 3.59. The Morgan fingerprint density at radius 2 is 1.73 bits per heavy atom. The number of Topliss-reactive ketones (excluding diaryl/α,β-unsaturated/α-hetero) is 1. The highest BCUT2D eigenvalue weighted by molar-refractivity contribution is 5.98. The van der Waals surface area contributed by atoms with E-state index in [2.05, 4.69) is 27.0 Å². The van der Waals surface area contributed by atoms with Crippen LogP contribution in [0.25, 0.3) is 11.5 Å². The molecular formula is C23H32N4O3. The van der Waals surface area contributed by atoms with Crippen molar-refractivity contribution in [3.05, 3.63) is 41.3 Å². The monoisotopic (exact) mass is 412 g/mol. The second kappa shape index (κ2) is 10.5. The Labute approximate surface area is 178 Å². The van der Waals surface area contributed by atoms with Gasteiger partial charge >= 0.3 is 0 Å². The number of rotatable bonds is 9. The van der Waals surface area contributed by atoms with Crippen LogP contribution in [0.15, 0.2) is 28.7 Å². The molecule has 30 heavy (non-hydrogen) atoms. The summed E-state index contributed by atoms with van der Waals surface area (Å²) in [5, 5.41) is 2.86. The van der Waals surface area contributed by atoms with Crippen LogP contribution in [0.5, 0.6) is 0 Å². The Hall–Kier alpha value is -2.51. The van der Waals surface area contributed by atoms with Gasteiger partial charge in [-0.25, -0.2) is 4.98 Å². The molecule has 0 atom stereocenters. The summed E-state index contributed by atoms with van der Waals surface area (Å²) in [6, 6.07) is 7.88. The van der Waals surface area contributed by atoms with E-state index in [-0.39, 0.29) is 24.5 Å². The third kappa shape index (κ3) is 6.24. The zero-order chi connectivity index (χ0) is 21.5. The third-order valence-corrected chi connectivity index (χ3v) is 5.58. The number of aromatic nitrogens is 1. The molecule has 7 nitrogen and oxygen atoms in total. The van der Waals surface area contributed by atoms with Crippen LogP contribution in [0.3, 0.4) is 0 Å². The smallest absolute Gasteiger partial charge is 0.227 e. The number of nitrogens with zero attached hydrogens (tertiary/aromatic N) is 3. The normalized spacial score (nSPS) is 15.3. The van der Waals surface area contributed by atoms with E-state index in [0.717, 1.165) is 50.4 Å². The summed E-state index contributed by atoms with van der Waals surface area (Å²) < 4.78 is 5.72. The van der Waals surface area contributed by atoms with E-state index in [1.54, 1.807) is 6.92 Å². The summed E-state index contributed by atoms with van der Waals surface area (Å²) in [5.41, 5.74) is 2.63. The number of oxazole rings is 1. The van der Waals surface area contributed by atoms with E-state index < -0.39 is 0 Å². The second-order valence-corrected chi connectivity index (χ2v) is 7.91. The Kier molecular flexibility index (Phi) is 7.76. The van der Waals surface area contributed by atoms with Crippen molar-refractivity contribution < 1.29 is 14.0 Å². The molecule has 3 rings (SSSR count). The number of likely N-dealkylation sites (N-methyl/N-ethyl adjacent to an activating group) is 1. The number of carbonyl (C=O) groups excluding carboxylic acids is 2. The Balaban J connectivity index is 1.42. The summed E-state index contributed by atoms with van der Waals surface area (Å²) in [6.45, 7) is 12.7. The summed E-state index contributed by atoms with van der Waals surface area (Å²) in [5.74, 6) is 0.733. The van der Waals surface area contributed by atoms with Crippen LogP contribution in [0, 0.1) is 13.8 Å². The number of hydrogen-bond donors (Lipinski definition) is 1. The Morgan fingerprint density at radius 1 is 1.07 bits per heavy atom. The Bertz CT molecular complexity index is 852. The zero-order valence-electron chi connectivity index (χ0n) is 18.2.